The number of para-hydroxylation sites is 1. The van der Waals surface area contributed by atoms with Gasteiger partial charge in [-0.15, -0.1) is 0 Å². The first-order chi connectivity index (χ1) is 11.5. The van der Waals surface area contributed by atoms with Crippen molar-refractivity contribution >= 4 is 23.4 Å². The monoisotopic (exact) mass is 351 g/mol. The van der Waals surface area contributed by atoms with Crippen LogP contribution >= 0.6 is 11.8 Å². The van der Waals surface area contributed by atoms with Crippen LogP contribution in [0, 0.1) is 5.82 Å². The lowest BCUT2D eigenvalue weighted by atomic mass is 10.2. The lowest BCUT2D eigenvalue weighted by Gasteiger charge is -2.14. The normalized spacial score (nSPS) is 12.0. The molecule has 0 radical (unpaired) electrons. The Bertz CT molecular complexity index is 766. The number of carbonyl (C=O) groups is 1. The van der Waals surface area contributed by atoms with Gasteiger partial charge in [0, 0.05) is 13.2 Å². The molecule has 1 unspecified atom stereocenters. The van der Waals surface area contributed by atoms with E-state index in [2.05, 4.69) is 15.3 Å². The van der Waals surface area contributed by atoms with Crippen LogP contribution in [0.2, 0.25) is 0 Å². The number of nitrogens with zero attached hydrogens (tertiary/aromatic N) is 1. The molecule has 1 amide bonds. The summed E-state index contributed by atoms with van der Waals surface area (Å²) in [6.07, 6.45) is 0.489. The number of ether oxygens (including phenoxy) is 1. The number of methoxy groups -OCH3 is 1. The van der Waals surface area contributed by atoms with Crippen molar-refractivity contribution in [2.24, 2.45) is 0 Å². The highest BCUT2D eigenvalue weighted by atomic mass is 32.2. The van der Waals surface area contributed by atoms with E-state index < -0.39 is 11.1 Å². The average molecular weight is 351 g/mol. The maximum Gasteiger partial charge on any atom is 0.251 e. The Morgan fingerprint density at radius 3 is 2.88 bits per heavy atom. The lowest BCUT2D eigenvalue weighted by Crippen LogP contribution is -2.26. The number of nitrogens with one attached hydrogen (secondary N) is 2. The van der Waals surface area contributed by atoms with Crippen LogP contribution in [0.15, 0.2) is 40.3 Å². The van der Waals surface area contributed by atoms with Crippen molar-refractivity contribution in [1.29, 1.82) is 0 Å². The van der Waals surface area contributed by atoms with Crippen molar-refractivity contribution in [3.63, 3.8) is 0 Å². The van der Waals surface area contributed by atoms with Crippen LogP contribution < -0.4 is 10.9 Å². The number of halogens is 1. The molecule has 2 N–H and O–H groups in total. The van der Waals surface area contributed by atoms with E-state index in [9.17, 15) is 14.0 Å². The zero-order valence-corrected chi connectivity index (χ0v) is 14.2. The van der Waals surface area contributed by atoms with Crippen LogP contribution in [0.4, 0.5) is 10.1 Å². The van der Waals surface area contributed by atoms with Crippen LogP contribution in [-0.2, 0) is 16.1 Å². The van der Waals surface area contributed by atoms with Crippen LogP contribution in [0.3, 0.4) is 0 Å². The number of amides is 1. The smallest absolute Gasteiger partial charge is 0.251 e. The van der Waals surface area contributed by atoms with Crippen molar-refractivity contribution in [3.8, 4) is 0 Å². The fraction of sp³-hybridized carbons (Fsp3) is 0.312. The molecule has 1 aromatic carbocycles. The maximum atomic E-state index is 13.6. The highest BCUT2D eigenvalue weighted by Crippen LogP contribution is 2.23. The van der Waals surface area contributed by atoms with Gasteiger partial charge in [-0.05, 0) is 18.6 Å². The molecule has 2 aromatic rings. The molecule has 0 aliphatic heterocycles. The molecule has 0 fully saturated rings. The van der Waals surface area contributed by atoms with Gasteiger partial charge in [-0.3, -0.25) is 9.59 Å². The van der Waals surface area contributed by atoms with E-state index in [4.69, 9.17) is 4.74 Å². The predicted molar refractivity (Wildman–Crippen MR) is 90.5 cm³/mol. The van der Waals surface area contributed by atoms with E-state index in [1.807, 2.05) is 6.92 Å². The van der Waals surface area contributed by atoms with E-state index in [0.717, 1.165) is 11.8 Å². The highest BCUT2D eigenvalue weighted by molar-refractivity contribution is 8.00. The standard InChI is InChI=1S/C16H18FN3O3S/c1-3-13(15(22)19-12-7-5-4-6-11(12)17)24-16-18-10(9-23-2)8-14(21)20-16/h4-8,13H,3,9H2,1-2H3,(H,19,22)(H,18,20,21). The number of H-pyrrole nitrogens is 1. The fourth-order valence-corrected chi connectivity index (χ4v) is 2.93. The largest absolute Gasteiger partial charge is 0.378 e. The van der Waals surface area contributed by atoms with Gasteiger partial charge in [0.1, 0.15) is 5.82 Å². The van der Waals surface area contributed by atoms with Gasteiger partial charge < -0.3 is 15.0 Å². The second-order valence-corrected chi connectivity index (χ2v) is 6.15. The number of anilines is 1. The Labute approximate surface area is 142 Å². The second kappa shape index (κ2) is 8.60. The topological polar surface area (TPSA) is 84.1 Å². The number of carbonyl (C=O) groups excluding carboxylic acids is 1. The van der Waals surface area contributed by atoms with Gasteiger partial charge in [0.15, 0.2) is 5.16 Å². The average Bonchev–Trinajstić information content (AvgIpc) is 2.54. The van der Waals surface area contributed by atoms with Gasteiger partial charge in [0.25, 0.3) is 5.56 Å². The van der Waals surface area contributed by atoms with Gasteiger partial charge >= 0.3 is 0 Å². The van der Waals surface area contributed by atoms with E-state index in [0.29, 0.717) is 17.3 Å². The summed E-state index contributed by atoms with van der Waals surface area (Å²) in [6.45, 7) is 2.03. The molecule has 2 rings (SSSR count). The second-order valence-electron chi connectivity index (χ2n) is 4.96. The van der Waals surface area contributed by atoms with Crippen LogP contribution in [-0.4, -0.2) is 28.2 Å². The minimum absolute atomic E-state index is 0.121. The number of benzene rings is 1. The summed E-state index contributed by atoms with van der Waals surface area (Å²) in [7, 11) is 1.51. The van der Waals surface area contributed by atoms with Crippen molar-refractivity contribution in [2.45, 2.75) is 30.4 Å². The van der Waals surface area contributed by atoms with Gasteiger partial charge in [-0.1, -0.05) is 30.8 Å². The van der Waals surface area contributed by atoms with E-state index in [-0.39, 0.29) is 23.8 Å². The summed E-state index contributed by atoms with van der Waals surface area (Å²) in [5.74, 6) is -0.855. The molecule has 0 saturated carbocycles. The first-order valence-corrected chi connectivity index (χ1v) is 8.22. The van der Waals surface area contributed by atoms with E-state index >= 15 is 0 Å². The molecule has 6 nitrogen and oxygen atoms in total. The van der Waals surface area contributed by atoms with Crippen molar-refractivity contribution in [1.82, 2.24) is 9.97 Å². The summed E-state index contributed by atoms with van der Waals surface area (Å²) in [6, 6.07) is 7.29. The molecule has 8 heteroatoms. The van der Waals surface area contributed by atoms with Crippen LogP contribution in [0.25, 0.3) is 0 Å². The van der Waals surface area contributed by atoms with E-state index in [1.54, 1.807) is 12.1 Å². The van der Waals surface area contributed by atoms with Gasteiger partial charge in [-0.2, -0.15) is 0 Å². The predicted octanol–water partition coefficient (Wildman–Crippen LogP) is 2.56. The van der Waals surface area contributed by atoms with Crippen LogP contribution in [0.5, 0.6) is 0 Å². The van der Waals surface area contributed by atoms with Crippen molar-refractivity contribution in [2.75, 3.05) is 12.4 Å². The molecule has 128 valence electrons. The fourth-order valence-electron chi connectivity index (χ4n) is 1.99. The Kier molecular flexibility index (Phi) is 6.51. The molecular weight excluding hydrogens is 333 g/mol. The molecule has 1 aromatic heterocycles. The lowest BCUT2D eigenvalue weighted by molar-refractivity contribution is -0.115. The summed E-state index contributed by atoms with van der Waals surface area (Å²) < 4.78 is 18.6. The summed E-state index contributed by atoms with van der Waals surface area (Å²) >= 11 is 1.12. The molecule has 0 spiro atoms. The number of rotatable bonds is 7. The first kappa shape index (κ1) is 18.2. The maximum absolute atomic E-state index is 13.6. The number of thioether (sulfide) groups is 1. The van der Waals surface area contributed by atoms with E-state index in [1.165, 1.54) is 25.3 Å². The number of hydrogen-bond donors (Lipinski definition) is 2. The molecule has 0 saturated heterocycles. The van der Waals surface area contributed by atoms with Gasteiger partial charge in [-0.25, -0.2) is 9.37 Å². The van der Waals surface area contributed by atoms with Gasteiger partial charge in [0.05, 0.1) is 23.2 Å². The molecule has 0 aliphatic rings. The molecule has 1 atom stereocenters. The number of aromatic amines is 1. The zero-order chi connectivity index (χ0) is 17.5. The quantitative estimate of drug-likeness (QED) is 0.592. The third kappa shape index (κ3) is 4.90. The van der Waals surface area contributed by atoms with Crippen LogP contribution in [0.1, 0.15) is 19.0 Å². The first-order valence-electron chi connectivity index (χ1n) is 7.34. The van der Waals surface area contributed by atoms with Crippen molar-refractivity contribution in [3.05, 3.63) is 52.2 Å². The third-order valence-corrected chi connectivity index (χ3v) is 4.36. The number of hydrogen-bond acceptors (Lipinski definition) is 5. The minimum atomic E-state index is -0.523. The Morgan fingerprint density at radius 1 is 1.46 bits per heavy atom. The molecule has 0 bridgehead atoms. The SMILES string of the molecule is CCC(Sc1nc(COC)cc(=O)[nH]1)C(=O)Nc1ccccc1F. The molecule has 0 aliphatic carbocycles. The molecular formula is C16H18FN3O3S. The minimum Gasteiger partial charge on any atom is -0.378 e. The Morgan fingerprint density at radius 2 is 2.21 bits per heavy atom. The number of aromatic nitrogens is 2. The zero-order valence-electron chi connectivity index (χ0n) is 13.3. The Hall–Kier alpha value is -2.19. The van der Waals surface area contributed by atoms with Gasteiger partial charge in [0.2, 0.25) is 5.91 Å². The molecule has 24 heavy (non-hydrogen) atoms. The van der Waals surface area contributed by atoms with Crippen molar-refractivity contribution < 1.29 is 13.9 Å². The summed E-state index contributed by atoms with van der Waals surface area (Å²) in [5.41, 5.74) is 0.285. The third-order valence-electron chi connectivity index (χ3n) is 3.11. The molecule has 1 heterocycles. The summed E-state index contributed by atoms with van der Waals surface area (Å²) in [5, 5.41) is 2.36. The summed E-state index contributed by atoms with van der Waals surface area (Å²) in [4.78, 5) is 30.8. The highest BCUT2D eigenvalue weighted by Gasteiger charge is 2.20. The Balaban J connectivity index is 2.13.